The Morgan fingerprint density at radius 3 is 2.65 bits per heavy atom. The van der Waals surface area contributed by atoms with Crippen LogP contribution < -0.4 is 0 Å². The summed E-state index contributed by atoms with van der Waals surface area (Å²) in [7, 11) is 0. The van der Waals surface area contributed by atoms with Crippen molar-refractivity contribution in [1.82, 2.24) is 4.90 Å². The second-order valence-electron chi connectivity index (χ2n) is 5.69. The van der Waals surface area contributed by atoms with E-state index in [4.69, 9.17) is 9.84 Å². The Morgan fingerprint density at radius 2 is 2.06 bits per heavy atom. The molecule has 4 nitrogen and oxygen atoms in total. The Morgan fingerprint density at radius 1 is 1.35 bits per heavy atom. The quantitative estimate of drug-likeness (QED) is 0.811. The van der Waals surface area contributed by atoms with Crippen LogP contribution in [0.1, 0.15) is 52.9 Å². The highest BCUT2D eigenvalue weighted by molar-refractivity contribution is 5.68. The number of hydrogen-bond donors (Lipinski definition) is 1. The van der Waals surface area contributed by atoms with Gasteiger partial charge in [-0.15, -0.1) is 0 Å². The molecule has 0 aromatic heterocycles. The molecular formula is C13H25NO3. The van der Waals surface area contributed by atoms with E-state index >= 15 is 0 Å². The third-order valence-electron chi connectivity index (χ3n) is 2.97. The molecule has 0 unspecified atom stereocenters. The summed E-state index contributed by atoms with van der Waals surface area (Å²) in [5.74, 6) is 0. The molecule has 0 aromatic carbocycles. The van der Waals surface area contributed by atoms with Crippen LogP contribution in [0.3, 0.4) is 0 Å². The van der Waals surface area contributed by atoms with Gasteiger partial charge in [0.15, 0.2) is 0 Å². The molecule has 1 aliphatic rings. The van der Waals surface area contributed by atoms with E-state index in [-0.39, 0.29) is 18.7 Å². The van der Waals surface area contributed by atoms with Gasteiger partial charge in [0, 0.05) is 19.2 Å². The van der Waals surface area contributed by atoms with Gasteiger partial charge in [0.1, 0.15) is 5.60 Å². The normalized spacial score (nSPS) is 22.1. The van der Waals surface area contributed by atoms with E-state index in [1.807, 2.05) is 20.8 Å². The van der Waals surface area contributed by atoms with Gasteiger partial charge in [-0.25, -0.2) is 4.79 Å². The number of carbonyl (C=O) groups excluding carboxylic acids is 1. The minimum Gasteiger partial charge on any atom is -0.444 e. The van der Waals surface area contributed by atoms with Crippen molar-refractivity contribution >= 4 is 6.09 Å². The van der Waals surface area contributed by atoms with E-state index in [1.165, 1.54) is 0 Å². The molecule has 0 saturated carbocycles. The highest BCUT2D eigenvalue weighted by Gasteiger charge is 2.28. The number of nitrogens with zero attached hydrogens (tertiary/aromatic N) is 1. The fourth-order valence-corrected chi connectivity index (χ4v) is 2.19. The molecular weight excluding hydrogens is 218 g/mol. The van der Waals surface area contributed by atoms with Crippen molar-refractivity contribution in [2.75, 3.05) is 13.2 Å². The van der Waals surface area contributed by atoms with Crippen molar-refractivity contribution in [1.29, 1.82) is 0 Å². The number of rotatable bonds is 2. The zero-order valence-electron chi connectivity index (χ0n) is 11.2. The zero-order valence-corrected chi connectivity index (χ0v) is 11.2. The molecule has 0 radical (unpaired) electrons. The molecule has 0 spiro atoms. The van der Waals surface area contributed by atoms with E-state index in [2.05, 4.69) is 0 Å². The largest absolute Gasteiger partial charge is 0.444 e. The van der Waals surface area contributed by atoms with Crippen molar-refractivity contribution in [3.8, 4) is 0 Å². The van der Waals surface area contributed by atoms with E-state index in [0.29, 0.717) is 6.42 Å². The summed E-state index contributed by atoms with van der Waals surface area (Å²) in [5, 5.41) is 9.06. The number of aliphatic hydroxyl groups excluding tert-OH is 1. The number of hydrogen-bond acceptors (Lipinski definition) is 3. The van der Waals surface area contributed by atoms with Crippen LogP contribution in [0.5, 0.6) is 0 Å². The molecule has 1 heterocycles. The molecule has 1 aliphatic heterocycles. The van der Waals surface area contributed by atoms with Crippen molar-refractivity contribution in [3.05, 3.63) is 0 Å². The molecule has 0 aromatic rings. The molecule has 1 amide bonds. The maximum atomic E-state index is 12.1. The highest BCUT2D eigenvalue weighted by Crippen LogP contribution is 2.21. The van der Waals surface area contributed by atoms with Gasteiger partial charge in [0.2, 0.25) is 0 Å². The Kier molecular flexibility index (Phi) is 5.25. The summed E-state index contributed by atoms with van der Waals surface area (Å²) in [6, 6.07) is 0.136. The first-order valence-electron chi connectivity index (χ1n) is 6.54. The van der Waals surface area contributed by atoms with Crippen molar-refractivity contribution in [2.45, 2.75) is 64.5 Å². The molecule has 1 N–H and O–H groups in total. The maximum Gasteiger partial charge on any atom is 0.410 e. The molecule has 1 atom stereocenters. The molecule has 17 heavy (non-hydrogen) atoms. The topological polar surface area (TPSA) is 49.8 Å². The summed E-state index contributed by atoms with van der Waals surface area (Å²) >= 11 is 0. The minimum atomic E-state index is -0.451. The number of carbonyl (C=O) groups is 1. The molecule has 1 fully saturated rings. The van der Waals surface area contributed by atoms with E-state index < -0.39 is 5.60 Å². The predicted molar refractivity (Wildman–Crippen MR) is 66.9 cm³/mol. The smallest absolute Gasteiger partial charge is 0.410 e. The Bertz CT molecular complexity index is 248. The lowest BCUT2D eigenvalue weighted by Crippen LogP contribution is -2.43. The van der Waals surface area contributed by atoms with Gasteiger partial charge in [0.25, 0.3) is 0 Å². The lowest BCUT2D eigenvalue weighted by molar-refractivity contribution is 0.0143. The van der Waals surface area contributed by atoms with Crippen LogP contribution in [0, 0.1) is 0 Å². The van der Waals surface area contributed by atoms with Crippen LogP contribution in [-0.4, -0.2) is 40.9 Å². The van der Waals surface area contributed by atoms with Crippen LogP contribution in [0.4, 0.5) is 4.79 Å². The Hall–Kier alpha value is -0.770. The van der Waals surface area contributed by atoms with E-state index in [1.54, 1.807) is 4.90 Å². The zero-order chi connectivity index (χ0) is 12.9. The van der Waals surface area contributed by atoms with Gasteiger partial charge in [-0.05, 0) is 40.0 Å². The molecule has 100 valence electrons. The second kappa shape index (κ2) is 6.24. The van der Waals surface area contributed by atoms with Crippen LogP contribution in [0.15, 0.2) is 0 Å². The summed E-state index contributed by atoms with van der Waals surface area (Å²) in [6.07, 6.45) is 4.70. The van der Waals surface area contributed by atoms with Crippen LogP contribution in [0.2, 0.25) is 0 Å². The lowest BCUT2D eigenvalue weighted by Gasteiger charge is -2.32. The van der Waals surface area contributed by atoms with Crippen molar-refractivity contribution in [3.63, 3.8) is 0 Å². The predicted octanol–water partition coefficient (Wildman–Crippen LogP) is 2.55. The number of aliphatic hydroxyl groups is 1. The second-order valence-corrected chi connectivity index (χ2v) is 5.69. The van der Waals surface area contributed by atoms with E-state index in [0.717, 1.165) is 32.2 Å². The highest BCUT2D eigenvalue weighted by atomic mass is 16.6. The molecule has 0 aliphatic carbocycles. The Balaban J connectivity index is 2.64. The first-order chi connectivity index (χ1) is 7.94. The van der Waals surface area contributed by atoms with Gasteiger partial charge in [-0.3, -0.25) is 0 Å². The van der Waals surface area contributed by atoms with E-state index in [9.17, 15) is 4.79 Å². The number of amides is 1. The molecule has 0 bridgehead atoms. The monoisotopic (exact) mass is 243 g/mol. The van der Waals surface area contributed by atoms with Crippen LogP contribution >= 0.6 is 0 Å². The average molecular weight is 243 g/mol. The standard InChI is InChI=1S/C13H25NO3/c1-13(2,3)17-12(16)14-9-6-4-5-7-11(14)8-10-15/h11,15H,4-10H2,1-3H3/t11-/m1/s1. The van der Waals surface area contributed by atoms with Crippen molar-refractivity contribution < 1.29 is 14.6 Å². The van der Waals surface area contributed by atoms with Gasteiger partial charge >= 0.3 is 6.09 Å². The molecule has 4 heteroatoms. The van der Waals surface area contributed by atoms with Gasteiger partial charge < -0.3 is 14.7 Å². The van der Waals surface area contributed by atoms with Crippen LogP contribution in [-0.2, 0) is 4.74 Å². The third-order valence-corrected chi connectivity index (χ3v) is 2.97. The fraction of sp³-hybridized carbons (Fsp3) is 0.923. The fourth-order valence-electron chi connectivity index (χ4n) is 2.19. The molecule has 1 saturated heterocycles. The summed E-state index contributed by atoms with van der Waals surface area (Å²) in [5.41, 5.74) is -0.451. The molecule has 1 rings (SSSR count). The first-order valence-corrected chi connectivity index (χ1v) is 6.54. The Labute approximate surface area is 104 Å². The van der Waals surface area contributed by atoms with Crippen molar-refractivity contribution in [2.24, 2.45) is 0 Å². The average Bonchev–Trinajstić information content (AvgIpc) is 2.41. The van der Waals surface area contributed by atoms with Crippen LogP contribution in [0.25, 0.3) is 0 Å². The maximum absolute atomic E-state index is 12.1. The van der Waals surface area contributed by atoms with Gasteiger partial charge in [0.05, 0.1) is 0 Å². The first kappa shape index (κ1) is 14.3. The summed E-state index contributed by atoms with van der Waals surface area (Å²) in [4.78, 5) is 13.9. The third kappa shape index (κ3) is 4.94. The summed E-state index contributed by atoms with van der Waals surface area (Å²) in [6.45, 7) is 6.51. The SMILES string of the molecule is CC(C)(C)OC(=O)N1CCCCC[C@@H]1CCO. The summed E-state index contributed by atoms with van der Waals surface area (Å²) < 4.78 is 5.41. The van der Waals surface area contributed by atoms with Gasteiger partial charge in [-0.1, -0.05) is 12.8 Å². The van der Waals surface area contributed by atoms with Gasteiger partial charge in [-0.2, -0.15) is 0 Å². The minimum absolute atomic E-state index is 0.129. The number of likely N-dealkylation sites (tertiary alicyclic amines) is 1. The number of ether oxygens (including phenoxy) is 1. The lowest BCUT2D eigenvalue weighted by atomic mass is 10.1.